The van der Waals surface area contributed by atoms with Gasteiger partial charge in [-0.25, -0.2) is 0 Å². The number of hydrogen-bond acceptors (Lipinski definition) is 4. The quantitative estimate of drug-likeness (QED) is 0.712. The zero-order valence-corrected chi connectivity index (χ0v) is 13.2. The normalized spacial score (nSPS) is 10.6. The van der Waals surface area contributed by atoms with Gasteiger partial charge in [-0.2, -0.15) is 0 Å². The summed E-state index contributed by atoms with van der Waals surface area (Å²) in [5.41, 5.74) is 0.436. The summed E-state index contributed by atoms with van der Waals surface area (Å²) in [6.45, 7) is 6.95. The van der Waals surface area contributed by atoms with Gasteiger partial charge in [0, 0.05) is 31.9 Å². The van der Waals surface area contributed by atoms with Crippen LogP contribution in [0.3, 0.4) is 0 Å². The van der Waals surface area contributed by atoms with Gasteiger partial charge in [0.2, 0.25) is 0 Å². The minimum Gasteiger partial charge on any atom is -0.506 e. The molecule has 0 unspecified atom stereocenters. The van der Waals surface area contributed by atoms with E-state index in [2.05, 4.69) is 0 Å². The minimum absolute atomic E-state index is 0.0385. The Morgan fingerprint density at radius 3 is 2.24 bits per heavy atom. The number of aromatic hydroxyl groups is 1. The van der Waals surface area contributed by atoms with Crippen molar-refractivity contribution < 1.29 is 19.4 Å². The number of benzene rings is 1. The molecular formula is C15H22ClNO4. The lowest BCUT2D eigenvalue weighted by molar-refractivity contribution is 0.0550. The lowest BCUT2D eigenvalue weighted by Crippen LogP contribution is -2.36. The van der Waals surface area contributed by atoms with E-state index in [0.29, 0.717) is 45.1 Å². The summed E-state index contributed by atoms with van der Waals surface area (Å²) in [6, 6.07) is 4.43. The van der Waals surface area contributed by atoms with E-state index in [1.54, 1.807) is 11.0 Å². The van der Waals surface area contributed by atoms with Gasteiger partial charge < -0.3 is 19.5 Å². The molecule has 0 atom stereocenters. The number of carbonyl (C=O) groups is 1. The zero-order chi connectivity index (χ0) is 15.7. The van der Waals surface area contributed by atoms with Crippen LogP contribution in [0.15, 0.2) is 18.2 Å². The Balaban J connectivity index is 2.73. The maximum atomic E-state index is 12.5. The molecule has 6 heteroatoms. The van der Waals surface area contributed by atoms with Gasteiger partial charge in [0.25, 0.3) is 5.91 Å². The summed E-state index contributed by atoms with van der Waals surface area (Å²) in [4.78, 5) is 14.1. The predicted molar refractivity (Wildman–Crippen MR) is 82.0 cm³/mol. The summed E-state index contributed by atoms with van der Waals surface area (Å²) >= 11 is 5.85. The number of halogens is 1. The second kappa shape index (κ2) is 9.60. The molecular weight excluding hydrogens is 294 g/mol. The van der Waals surface area contributed by atoms with Crippen molar-refractivity contribution in [3.05, 3.63) is 28.8 Å². The second-order valence-corrected chi connectivity index (χ2v) is 4.76. The first-order chi connectivity index (χ1) is 10.1. The first-order valence-corrected chi connectivity index (χ1v) is 7.41. The Kier molecular flexibility index (Phi) is 8.12. The number of phenolic OH excluding ortho intramolecular Hbond substituents is 1. The van der Waals surface area contributed by atoms with Gasteiger partial charge in [-0.15, -0.1) is 0 Å². The summed E-state index contributed by atoms with van der Waals surface area (Å²) in [6.07, 6.45) is 0. The lowest BCUT2D eigenvalue weighted by atomic mass is 10.2. The summed E-state index contributed by atoms with van der Waals surface area (Å²) in [5.74, 6) is -0.195. The summed E-state index contributed by atoms with van der Waals surface area (Å²) < 4.78 is 10.6. The van der Waals surface area contributed by atoms with Crippen molar-refractivity contribution >= 4 is 17.5 Å². The highest BCUT2D eigenvalue weighted by atomic mass is 35.5. The number of ether oxygens (including phenoxy) is 2. The molecule has 1 amide bonds. The van der Waals surface area contributed by atoms with E-state index in [-0.39, 0.29) is 16.7 Å². The number of phenols is 1. The minimum atomic E-state index is -0.156. The van der Waals surface area contributed by atoms with Crippen LogP contribution >= 0.6 is 11.6 Å². The fourth-order valence-corrected chi connectivity index (χ4v) is 1.96. The molecule has 0 saturated heterocycles. The molecule has 1 N–H and O–H groups in total. The smallest absolute Gasteiger partial charge is 0.254 e. The molecule has 0 spiro atoms. The molecule has 0 aromatic heterocycles. The number of carbonyl (C=O) groups excluding carboxylic acids is 1. The monoisotopic (exact) mass is 315 g/mol. The van der Waals surface area contributed by atoms with E-state index in [0.717, 1.165) is 0 Å². The first kappa shape index (κ1) is 17.8. The molecule has 0 aliphatic heterocycles. The fraction of sp³-hybridized carbons (Fsp3) is 0.533. The van der Waals surface area contributed by atoms with Crippen LogP contribution in [0.25, 0.3) is 0 Å². The second-order valence-electron chi connectivity index (χ2n) is 4.35. The maximum absolute atomic E-state index is 12.5. The largest absolute Gasteiger partial charge is 0.506 e. The molecule has 0 fully saturated rings. The highest BCUT2D eigenvalue weighted by molar-refractivity contribution is 6.32. The Bertz CT molecular complexity index is 443. The molecule has 0 bridgehead atoms. The highest BCUT2D eigenvalue weighted by Gasteiger charge is 2.16. The molecule has 21 heavy (non-hydrogen) atoms. The van der Waals surface area contributed by atoms with Crippen LogP contribution in [0.5, 0.6) is 5.75 Å². The molecule has 0 aliphatic carbocycles. The van der Waals surface area contributed by atoms with Gasteiger partial charge in [0.05, 0.1) is 18.2 Å². The number of hydrogen-bond donors (Lipinski definition) is 1. The van der Waals surface area contributed by atoms with Crippen LogP contribution in [0.1, 0.15) is 24.2 Å². The number of amides is 1. The Morgan fingerprint density at radius 2 is 1.76 bits per heavy atom. The van der Waals surface area contributed by atoms with Crippen LogP contribution in [-0.2, 0) is 9.47 Å². The molecule has 1 aromatic rings. The van der Waals surface area contributed by atoms with Gasteiger partial charge in [-0.1, -0.05) is 11.6 Å². The van der Waals surface area contributed by atoms with E-state index in [1.807, 2.05) is 13.8 Å². The van der Waals surface area contributed by atoms with E-state index in [9.17, 15) is 9.90 Å². The third-order valence-corrected chi connectivity index (χ3v) is 3.20. The maximum Gasteiger partial charge on any atom is 0.254 e. The SMILES string of the molecule is CCOCCN(CCOCC)C(=O)c1ccc(O)c(Cl)c1. The molecule has 118 valence electrons. The Labute approximate surface area is 130 Å². The van der Waals surface area contributed by atoms with Crippen LogP contribution in [0.4, 0.5) is 0 Å². The molecule has 0 aliphatic rings. The van der Waals surface area contributed by atoms with Crippen LogP contribution in [0.2, 0.25) is 5.02 Å². The summed E-state index contributed by atoms with van der Waals surface area (Å²) in [5, 5.41) is 9.58. The fourth-order valence-electron chi connectivity index (χ4n) is 1.78. The van der Waals surface area contributed by atoms with Crippen LogP contribution in [0, 0.1) is 0 Å². The van der Waals surface area contributed by atoms with Gasteiger partial charge in [0.1, 0.15) is 5.75 Å². The molecule has 0 heterocycles. The lowest BCUT2D eigenvalue weighted by Gasteiger charge is -2.22. The van der Waals surface area contributed by atoms with Gasteiger partial charge in [-0.3, -0.25) is 4.79 Å². The third-order valence-electron chi connectivity index (χ3n) is 2.90. The molecule has 5 nitrogen and oxygen atoms in total. The zero-order valence-electron chi connectivity index (χ0n) is 12.5. The molecule has 1 rings (SSSR count). The van der Waals surface area contributed by atoms with Crippen molar-refractivity contribution in [1.82, 2.24) is 4.90 Å². The molecule has 0 saturated carbocycles. The van der Waals surface area contributed by atoms with Crippen molar-refractivity contribution in [1.29, 1.82) is 0 Å². The van der Waals surface area contributed by atoms with Crippen LogP contribution < -0.4 is 0 Å². The van der Waals surface area contributed by atoms with Crippen LogP contribution in [-0.4, -0.2) is 55.4 Å². The van der Waals surface area contributed by atoms with E-state index in [4.69, 9.17) is 21.1 Å². The average Bonchev–Trinajstić information content (AvgIpc) is 2.48. The predicted octanol–water partition coefficient (Wildman–Crippen LogP) is 2.56. The highest BCUT2D eigenvalue weighted by Crippen LogP contribution is 2.24. The topological polar surface area (TPSA) is 59.0 Å². The van der Waals surface area contributed by atoms with Gasteiger partial charge >= 0.3 is 0 Å². The standard InChI is InChI=1S/C15H22ClNO4/c1-3-20-9-7-17(8-10-21-4-2)15(19)12-5-6-14(18)13(16)11-12/h5-6,11,18H,3-4,7-10H2,1-2H3. The molecule has 1 aromatic carbocycles. The van der Waals surface area contributed by atoms with E-state index < -0.39 is 0 Å². The first-order valence-electron chi connectivity index (χ1n) is 7.03. The van der Waals surface area contributed by atoms with Crippen molar-refractivity contribution in [3.8, 4) is 5.75 Å². The van der Waals surface area contributed by atoms with Crippen molar-refractivity contribution in [2.45, 2.75) is 13.8 Å². The summed E-state index contributed by atoms with van der Waals surface area (Å²) in [7, 11) is 0. The number of nitrogens with zero attached hydrogens (tertiary/aromatic N) is 1. The van der Waals surface area contributed by atoms with E-state index in [1.165, 1.54) is 12.1 Å². The average molecular weight is 316 g/mol. The number of rotatable bonds is 9. The Hall–Kier alpha value is -1.30. The van der Waals surface area contributed by atoms with Crippen molar-refractivity contribution in [3.63, 3.8) is 0 Å². The van der Waals surface area contributed by atoms with E-state index >= 15 is 0 Å². The van der Waals surface area contributed by atoms with Gasteiger partial charge in [0.15, 0.2) is 0 Å². The van der Waals surface area contributed by atoms with Crippen molar-refractivity contribution in [2.24, 2.45) is 0 Å². The van der Waals surface area contributed by atoms with Gasteiger partial charge in [-0.05, 0) is 32.0 Å². The third kappa shape index (κ3) is 5.91. The van der Waals surface area contributed by atoms with Crippen molar-refractivity contribution in [2.75, 3.05) is 39.5 Å². The Morgan fingerprint density at radius 1 is 1.19 bits per heavy atom. The molecule has 0 radical (unpaired) electrons.